The number of hydrogen-bond donors (Lipinski definition) is 2. The minimum Gasteiger partial charge on any atom is -0.543 e. The van der Waals surface area contributed by atoms with Gasteiger partial charge >= 0.3 is 0 Å². The number of nitrogens with one attached hydrogen (secondary N) is 2. The Morgan fingerprint density at radius 2 is 1.64 bits per heavy atom. The number of carboxylic acid groups (broad SMARTS) is 1. The molecule has 0 saturated carbocycles. The van der Waals surface area contributed by atoms with E-state index in [1.807, 2.05) is 6.92 Å². The highest BCUT2D eigenvalue weighted by atomic mass is 32.2. The first-order valence-electron chi connectivity index (χ1n) is 12.3. The normalized spacial score (nSPS) is 11.2. The summed E-state index contributed by atoms with van der Waals surface area (Å²) in [6.45, 7) is 4.46. The van der Waals surface area contributed by atoms with Gasteiger partial charge in [-0.25, -0.2) is 13.1 Å². The molecular formula is C26H34N3O6S-. The van der Waals surface area contributed by atoms with E-state index in [1.165, 1.54) is 18.2 Å². The minimum atomic E-state index is -4.17. The van der Waals surface area contributed by atoms with Gasteiger partial charge in [-0.05, 0) is 55.0 Å². The third-order valence-corrected chi connectivity index (χ3v) is 7.01. The molecule has 10 heteroatoms. The quantitative estimate of drug-likeness (QED) is 0.346. The lowest BCUT2D eigenvalue weighted by molar-refractivity contribution is -0.255. The smallest absolute Gasteiger partial charge is 0.266 e. The van der Waals surface area contributed by atoms with Crippen LogP contribution in [0.2, 0.25) is 0 Å². The van der Waals surface area contributed by atoms with Gasteiger partial charge in [0.25, 0.3) is 15.9 Å². The summed E-state index contributed by atoms with van der Waals surface area (Å²) in [7, 11) is -4.17. The number of hydrogen-bond acceptors (Lipinski definition) is 7. The van der Waals surface area contributed by atoms with Crippen molar-refractivity contribution in [1.29, 1.82) is 0 Å². The Bertz CT molecular complexity index is 1150. The summed E-state index contributed by atoms with van der Waals surface area (Å²) in [4.78, 5) is 39.3. The zero-order valence-electron chi connectivity index (χ0n) is 20.8. The molecule has 0 aliphatic carbocycles. The number of aryl methyl sites for hydroxylation is 1. The molecule has 1 aromatic heterocycles. The van der Waals surface area contributed by atoms with Gasteiger partial charge in [-0.2, -0.15) is 0 Å². The van der Waals surface area contributed by atoms with Crippen LogP contribution in [0.3, 0.4) is 0 Å². The number of benzene rings is 1. The van der Waals surface area contributed by atoms with E-state index >= 15 is 0 Å². The second-order valence-corrected chi connectivity index (χ2v) is 10.3. The monoisotopic (exact) mass is 516 g/mol. The lowest BCUT2D eigenvalue weighted by Crippen LogP contribution is -2.32. The van der Waals surface area contributed by atoms with Crippen molar-refractivity contribution in [2.24, 2.45) is 0 Å². The first-order chi connectivity index (χ1) is 17.2. The molecule has 0 atom stereocenters. The summed E-state index contributed by atoms with van der Waals surface area (Å²) in [5.41, 5.74) is 0.955. The molecule has 196 valence electrons. The van der Waals surface area contributed by atoms with Crippen LogP contribution in [-0.2, 0) is 27.7 Å². The zero-order chi connectivity index (χ0) is 26.6. The van der Waals surface area contributed by atoms with Gasteiger partial charge in [0.2, 0.25) is 5.91 Å². The molecule has 0 spiro atoms. The molecule has 2 rings (SSSR count). The van der Waals surface area contributed by atoms with Gasteiger partial charge in [0, 0.05) is 19.2 Å². The number of sulfonamides is 1. The molecule has 36 heavy (non-hydrogen) atoms. The fourth-order valence-corrected chi connectivity index (χ4v) is 4.64. The first-order valence-corrected chi connectivity index (χ1v) is 13.8. The predicted octanol–water partition coefficient (Wildman–Crippen LogP) is 2.54. The topological polar surface area (TPSA) is 145 Å². The van der Waals surface area contributed by atoms with Crippen LogP contribution < -0.4 is 15.1 Å². The fraction of sp³-hybridized carbons (Fsp3) is 0.462. The molecule has 1 aromatic carbocycles. The van der Waals surface area contributed by atoms with Crippen LogP contribution in [0.4, 0.5) is 0 Å². The van der Waals surface area contributed by atoms with Crippen LogP contribution in [-0.4, -0.2) is 37.7 Å². The second kappa shape index (κ2) is 14.3. The molecule has 0 aliphatic heterocycles. The Balaban J connectivity index is 2.09. The summed E-state index contributed by atoms with van der Waals surface area (Å²) in [6.07, 6.45) is 8.07. The van der Waals surface area contributed by atoms with Gasteiger partial charge in [-0.3, -0.25) is 14.6 Å². The average molecular weight is 517 g/mol. The lowest BCUT2D eigenvalue weighted by Gasteiger charge is -2.13. The zero-order valence-corrected chi connectivity index (χ0v) is 21.7. The van der Waals surface area contributed by atoms with Crippen LogP contribution in [0.15, 0.2) is 41.4 Å². The molecule has 0 unspecified atom stereocenters. The van der Waals surface area contributed by atoms with Crippen LogP contribution in [0.5, 0.6) is 0 Å². The van der Waals surface area contributed by atoms with E-state index in [-0.39, 0.29) is 22.1 Å². The number of carbonyl (C=O) groups is 3. The van der Waals surface area contributed by atoms with Gasteiger partial charge in [-0.15, -0.1) is 0 Å². The standard InChI is InChI=1S/C26H35N3O6S/c1-3-5-6-7-8-10-20-17-23(26(32)33)28-18-22(20)25(31)29-36(34,35)21-13-11-19(12-14-21)15-16-27-24(30)9-4-2/h11-14,17-18H,3-10,15-16H2,1-2H3,(H,27,30)(H,29,31)(H,32,33)/p-1. The molecule has 1 heterocycles. The van der Waals surface area contributed by atoms with Gasteiger partial charge in [0.15, 0.2) is 0 Å². The number of pyridine rings is 1. The Morgan fingerprint density at radius 1 is 0.944 bits per heavy atom. The fourth-order valence-electron chi connectivity index (χ4n) is 3.67. The maximum absolute atomic E-state index is 12.9. The van der Waals surface area contributed by atoms with Crippen molar-refractivity contribution in [3.63, 3.8) is 0 Å². The highest BCUT2D eigenvalue weighted by molar-refractivity contribution is 7.90. The summed E-state index contributed by atoms with van der Waals surface area (Å²) < 4.78 is 27.7. The number of carboxylic acids is 1. The SMILES string of the molecule is CCCCCCCc1cc(C(=O)[O-])ncc1C(=O)NS(=O)(=O)c1ccc(CCNC(=O)CCC)cc1. The lowest BCUT2D eigenvalue weighted by atomic mass is 10.0. The Morgan fingerprint density at radius 3 is 2.28 bits per heavy atom. The van der Waals surface area contributed by atoms with Crippen molar-refractivity contribution >= 4 is 27.8 Å². The van der Waals surface area contributed by atoms with Crippen molar-refractivity contribution in [2.45, 2.75) is 76.5 Å². The summed E-state index contributed by atoms with van der Waals surface area (Å²) in [6, 6.07) is 7.31. The summed E-state index contributed by atoms with van der Waals surface area (Å²) in [5, 5.41) is 14.0. The number of rotatable bonds is 15. The van der Waals surface area contributed by atoms with Crippen LogP contribution in [0.25, 0.3) is 0 Å². The van der Waals surface area contributed by atoms with Crippen molar-refractivity contribution in [3.05, 3.63) is 58.9 Å². The van der Waals surface area contributed by atoms with E-state index in [4.69, 9.17) is 0 Å². The van der Waals surface area contributed by atoms with E-state index < -0.39 is 21.9 Å². The highest BCUT2D eigenvalue weighted by Gasteiger charge is 2.21. The van der Waals surface area contributed by atoms with Crippen molar-refractivity contribution in [2.75, 3.05) is 6.54 Å². The van der Waals surface area contributed by atoms with Crippen LogP contribution in [0, 0.1) is 0 Å². The number of carbonyl (C=O) groups excluding carboxylic acids is 3. The van der Waals surface area contributed by atoms with Crippen LogP contribution >= 0.6 is 0 Å². The first kappa shape index (κ1) is 29.0. The Kier molecular flexibility index (Phi) is 11.5. The Labute approximate surface area is 212 Å². The van der Waals surface area contributed by atoms with E-state index in [9.17, 15) is 27.9 Å². The molecule has 0 bridgehead atoms. The number of amides is 2. The summed E-state index contributed by atoms with van der Waals surface area (Å²) >= 11 is 0. The molecule has 0 saturated heterocycles. The largest absolute Gasteiger partial charge is 0.543 e. The van der Waals surface area contributed by atoms with Gasteiger partial charge < -0.3 is 15.2 Å². The van der Waals surface area contributed by atoms with Crippen LogP contribution in [0.1, 0.15) is 90.8 Å². The molecule has 2 aromatic rings. The van der Waals surface area contributed by atoms with Gasteiger partial charge in [0.05, 0.1) is 22.1 Å². The molecule has 0 fully saturated rings. The van der Waals surface area contributed by atoms with Crippen molar-refractivity contribution in [1.82, 2.24) is 15.0 Å². The highest BCUT2D eigenvalue weighted by Crippen LogP contribution is 2.17. The van der Waals surface area contributed by atoms with Crippen molar-refractivity contribution < 1.29 is 27.9 Å². The molecular weight excluding hydrogens is 482 g/mol. The van der Waals surface area contributed by atoms with Crippen molar-refractivity contribution in [3.8, 4) is 0 Å². The number of aromatic carboxylic acids is 1. The van der Waals surface area contributed by atoms with Gasteiger partial charge in [-0.1, -0.05) is 51.7 Å². The minimum absolute atomic E-state index is 0.0125. The van der Waals surface area contributed by atoms with E-state index in [0.717, 1.165) is 50.3 Å². The van der Waals surface area contributed by atoms with E-state index in [1.54, 1.807) is 12.1 Å². The molecule has 2 amide bonds. The molecule has 0 radical (unpaired) electrons. The summed E-state index contributed by atoms with van der Waals surface area (Å²) in [5.74, 6) is -2.37. The van der Waals surface area contributed by atoms with E-state index in [0.29, 0.717) is 31.4 Å². The maximum atomic E-state index is 12.9. The third-order valence-electron chi connectivity index (χ3n) is 5.67. The molecule has 9 nitrogen and oxygen atoms in total. The van der Waals surface area contributed by atoms with Gasteiger partial charge in [0.1, 0.15) is 0 Å². The second-order valence-electron chi connectivity index (χ2n) is 8.61. The third kappa shape index (κ3) is 9.07. The van der Waals surface area contributed by atoms with E-state index in [2.05, 4.69) is 21.9 Å². The number of unbranched alkanes of at least 4 members (excludes halogenated alkanes) is 4. The number of aromatic nitrogens is 1. The molecule has 2 N–H and O–H groups in total. The molecule has 0 aliphatic rings. The number of nitrogens with zero attached hydrogens (tertiary/aromatic N) is 1. The maximum Gasteiger partial charge on any atom is 0.266 e. The Hall–Kier alpha value is -3.27. The predicted molar refractivity (Wildman–Crippen MR) is 134 cm³/mol. The average Bonchev–Trinajstić information content (AvgIpc) is 2.84.